The number of anilines is 1. The molecule has 32 heavy (non-hydrogen) atoms. The van der Waals surface area contributed by atoms with Crippen LogP contribution in [0.5, 0.6) is 0 Å². The molecule has 0 spiro atoms. The fourth-order valence-electron chi connectivity index (χ4n) is 3.68. The molecule has 1 aliphatic rings. The van der Waals surface area contributed by atoms with E-state index in [4.69, 9.17) is 5.11 Å². The molecule has 0 saturated heterocycles. The summed E-state index contributed by atoms with van der Waals surface area (Å²) in [5, 5.41) is 27.4. The molecule has 3 amide bonds. The highest BCUT2D eigenvalue weighted by Crippen LogP contribution is 2.26. The lowest BCUT2D eigenvalue weighted by molar-refractivity contribution is -0.122. The van der Waals surface area contributed by atoms with E-state index in [0.29, 0.717) is 49.0 Å². The third-order valence-electron chi connectivity index (χ3n) is 5.76. The smallest absolute Gasteiger partial charge is 0.266 e. The van der Waals surface area contributed by atoms with E-state index >= 15 is 0 Å². The van der Waals surface area contributed by atoms with Gasteiger partial charge in [0, 0.05) is 32.3 Å². The fraction of sp³-hybridized carbons (Fsp3) is 0.565. The number of aliphatic hydroxyl groups excluding tert-OH is 1. The van der Waals surface area contributed by atoms with Crippen molar-refractivity contribution >= 4 is 30.1 Å². The number of hydrogen-bond acceptors (Lipinski definition) is 6. The molecule has 0 aliphatic heterocycles. The van der Waals surface area contributed by atoms with Crippen molar-refractivity contribution in [2.75, 3.05) is 31.8 Å². The molecule has 176 valence electrons. The van der Waals surface area contributed by atoms with Crippen molar-refractivity contribution in [2.24, 2.45) is 5.10 Å². The Morgan fingerprint density at radius 1 is 1.22 bits per heavy atom. The Morgan fingerprint density at radius 2 is 1.91 bits per heavy atom. The highest BCUT2D eigenvalue weighted by atomic mass is 16.3. The third-order valence-corrected chi connectivity index (χ3v) is 5.76. The van der Waals surface area contributed by atoms with Crippen LogP contribution in [-0.2, 0) is 9.59 Å². The second-order valence-electron chi connectivity index (χ2n) is 8.35. The number of nitrogens with one attached hydrogen (secondary N) is 1. The predicted molar refractivity (Wildman–Crippen MR) is 123 cm³/mol. The Bertz CT molecular complexity index is 819. The summed E-state index contributed by atoms with van der Waals surface area (Å²) in [7, 11) is 1.58. The maximum absolute atomic E-state index is 12.8. The van der Waals surface area contributed by atoms with Crippen LogP contribution >= 0.6 is 0 Å². The highest BCUT2D eigenvalue weighted by Gasteiger charge is 2.28. The second kappa shape index (κ2) is 12.3. The molecule has 1 aliphatic carbocycles. The van der Waals surface area contributed by atoms with Gasteiger partial charge in [0.1, 0.15) is 6.21 Å². The van der Waals surface area contributed by atoms with Gasteiger partial charge in [-0.2, -0.15) is 5.10 Å². The summed E-state index contributed by atoms with van der Waals surface area (Å²) in [5.74, 6) is -0.747. The van der Waals surface area contributed by atoms with Gasteiger partial charge in [0.25, 0.3) is 11.8 Å². The van der Waals surface area contributed by atoms with Crippen LogP contribution in [0.3, 0.4) is 0 Å². The summed E-state index contributed by atoms with van der Waals surface area (Å²) < 4.78 is 0. The molecule has 9 heteroatoms. The first-order chi connectivity index (χ1) is 15.3. The minimum Gasteiger partial charge on any atom is -0.396 e. The van der Waals surface area contributed by atoms with E-state index in [-0.39, 0.29) is 19.1 Å². The first-order valence-electron chi connectivity index (χ1n) is 11.1. The quantitative estimate of drug-likeness (QED) is 0.218. The summed E-state index contributed by atoms with van der Waals surface area (Å²) >= 11 is 0. The Labute approximate surface area is 189 Å². The van der Waals surface area contributed by atoms with E-state index in [1.165, 1.54) is 11.0 Å². The zero-order chi connectivity index (χ0) is 23.6. The predicted octanol–water partition coefficient (Wildman–Crippen LogP) is 1.60. The van der Waals surface area contributed by atoms with E-state index in [0.717, 1.165) is 36.9 Å². The average molecular weight is 447 g/mol. The third kappa shape index (κ3) is 7.42. The summed E-state index contributed by atoms with van der Waals surface area (Å²) in [4.78, 5) is 37.8. The molecule has 9 nitrogen and oxygen atoms in total. The van der Waals surface area contributed by atoms with Gasteiger partial charge in [0.2, 0.25) is 6.41 Å². The molecule has 2 rings (SSSR count). The first kappa shape index (κ1) is 25.5. The van der Waals surface area contributed by atoms with E-state index < -0.39 is 11.5 Å². The van der Waals surface area contributed by atoms with Gasteiger partial charge in [0.05, 0.1) is 11.3 Å². The van der Waals surface area contributed by atoms with Gasteiger partial charge in [-0.1, -0.05) is 31.7 Å². The monoisotopic (exact) mass is 446 g/mol. The minimum absolute atomic E-state index is 0.0270. The van der Waals surface area contributed by atoms with Gasteiger partial charge >= 0.3 is 0 Å². The number of carbonyl (C=O) groups is 3. The molecule has 3 N–H and O–H groups in total. The highest BCUT2D eigenvalue weighted by molar-refractivity contribution is 6.26. The SMILES string of the molecule is Cc1ccc(N(C=O)/N=C\C(=O)N(C)CCCO)cc1C(=O)NCC1(O)CCCCCC1. The zero-order valence-corrected chi connectivity index (χ0v) is 18.9. The van der Waals surface area contributed by atoms with Gasteiger partial charge < -0.3 is 20.4 Å². The molecule has 0 atom stereocenters. The Hall–Kier alpha value is -2.78. The lowest BCUT2D eigenvalue weighted by Gasteiger charge is -2.27. The van der Waals surface area contributed by atoms with Gasteiger partial charge in [-0.3, -0.25) is 14.4 Å². The van der Waals surface area contributed by atoms with Crippen molar-refractivity contribution in [3.8, 4) is 0 Å². The summed E-state index contributed by atoms with van der Waals surface area (Å²) in [6.07, 6.45) is 7.34. The van der Waals surface area contributed by atoms with Crippen LogP contribution in [-0.4, -0.2) is 71.9 Å². The summed E-state index contributed by atoms with van der Waals surface area (Å²) in [6.45, 7) is 2.30. The minimum atomic E-state index is -0.890. The van der Waals surface area contributed by atoms with E-state index in [1.807, 2.05) is 0 Å². The Balaban J connectivity index is 2.08. The van der Waals surface area contributed by atoms with Crippen molar-refractivity contribution < 1.29 is 24.6 Å². The zero-order valence-electron chi connectivity index (χ0n) is 18.9. The van der Waals surface area contributed by atoms with Crippen LogP contribution in [0.4, 0.5) is 5.69 Å². The largest absolute Gasteiger partial charge is 0.396 e. The lowest BCUT2D eigenvalue weighted by atomic mass is 9.94. The number of aliphatic hydroxyl groups is 2. The summed E-state index contributed by atoms with van der Waals surface area (Å²) in [6, 6.07) is 4.87. The normalized spacial score (nSPS) is 15.8. The van der Waals surface area contributed by atoms with Crippen LogP contribution < -0.4 is 10.3 Å². The van der Waals surface area contributed by atoms with Crippen LogP contribution in [0.2, 0.25) is 0 Å². The standard InChI is InChI=1S/C23H34N4O5/c1-18-8-9-19(27(17-29)25-15-21(30)26(2)12-7-13-28)14-20(18)22(31)24-16-23(32)10-5-3-4-6-11-23/h8-9,14-15,17,28,32H,3-7,10-13,16H2,1-2H3,(H,24,31)/b25-15-. The van der Waals surface area contributed by atoms with Crippen LogP contribution in [0.15, 0.2) is 23.3 Å². The topological polar surface area (TPSA) is 123 Å². The molecular formula is C23H34N4O5. The number of benzene rings is 1. The van der Waals surface area contributed by atoms with Crippen molar-refractivity contribution in [1.29, 1.82) is 0 Å². The van der Waals surface area contributed by atoms with E-state index in [9.17, 15) is 19.5 Å². The number of hydrazone groups is 1. The molecule has 0 unspecified atom stereocenters. The molecule has 0 bridgehead atoms. The number of hydrogen-bond donors (Lipinski definition) is 3. The fourth-order valence-corrected chi connectivity index (χ4v) is 3.68. The molecule has 1 fully saturated rings. The molecule has 0 heterocycles. The van der Waals surface area contributed by atoms with Gasteiger partial charge in [-0.25, -0.2) is 5.01 Å². The van der Waals surface area contributed by atoms with Gasteiger partial charge in [-0.15, -0.1) is 0 Å². The Morgan fingerprint density at radius 3 is 2.53 bits per heavy atom. The van der Waals surface area contributed by atoms with Gasteiger partial charge in [0.15, 0.2) is 0 Å². The van der Waals surface area contributed by atoms with E-state index in [1.54, 1.807) is 26.1 Å². The second-order valence-corrected chi connectivity index (χ2v) is 8.35. The van der Waals surface area contributed by atoms with Crippen molar-refractivity contribution in [3.05, 3.63) is 29.3 Å². The number of aryl methyl sites for hydroxylation is 1. The summed E-state index contributed by atoms with van der Waals surface area (Å²) in [5.41, 5.74) is 0.534. The average Bonchev–Trinajstić information content (AvgIpc) is 3.01. The van der Waals surface area contributed by atoms with Crippen molar-refractivity contribution in [1.82, 2.24) is 10.2 Å². The van der Waals surface area contributed by atoms with Gasteiger partial charge in [-0.05, 0) is 43.9 Å². The molecule has 0 aromatic heterocycles. The van der Waals surface area contributed by atoms with Crippen molar-refractivity contribution in [3.63, 3.8) is 0 Å². The molecule has 0 radical (unpaired) electrons. The van der Waals surface area contributed by atoms with E-state index in [2.05, 4.69) is 10.4 Å². The van der Waals surface area contributed by atoms with Crippen LogP contribution in [0.1, 0.15) is 60.9 Å². The lowest BCUT2D eigenvalue weighted by Crippen LogP contribution is -2.42. The van der Waals surface area contributed by atoms with Crippen LogP contribution in [0, 0.1) is 6.92 Å². The number of nitrogens with zero attached hydrogens (tertiary/aromatic N) is 3. The number of amides is 3. The van der Waals surface area contributed by atoms with Crippen molar-refractivity contribution in [2.45, 2.75) is 57.5 Å². The molecule has 1 aromatic rings. The Kier molecular flexibility index (Phi) is 9.80. The first-order valence-corrected chi connectivity index (χ1v) is 11.1. The molecular weight excluding hydrogens is 412 g/mol. The maximum Gasteiger partial charge on any atom is 0.266 e. The molecule has 1 aromatic carbocycles. The number of carbonyl (C=O) groups excluding carboxylic acids is 3. The molecule has 1 saturated carbocycles. The number of rotatable bonds is 10. The maximum atomic E-state index is 12.8. The van der Waals surface area contributed by atoms with Crippen LogP contribution in [0.25, 0.3) is 0 Å².